The standard InChI is InChI=1S/C22H27N3O3S/c1-17-11-13-18(14-12-17)6-2-3-10-22(26)24-19-7-4-8-20(16-19)29(27,28)25-21-9-5-15-23-21/h4,7-8,11-14,16H,2-3,5-6,9-10,15H2,1H3,(H,23,25)(H,24,26). The summed E-state index contributed by atoms with van der Waals surface area (Å²) >= 11 is 0. The summed E-state index contributed by atoms with van der Waals surface area (Å²) in [6, 6.07) is 14.7. The van der Waals surface area contributed by atoms with Gasteiger partial charge in [-0.3, -0.25) is 14.5 Å². The van der Waals surface area contributed by atoms with Crippen molar-refractivity contribution in [2.24, 2.45) is 4.99 Å². The molecule has 0 aliphatic carbocycles. The smallest absolute Gasteiger partial charge is 0.262 e. The fraction of sp³-hybridized carbons (Fsp3) is 0.364. The van der Waals surface area contributed by atoms with Crippen molar-refractivity contribution >= 4 is 27.5 Å². The van der Waals surface area contributed by atoms with Crippen molar-refractivity contribution in [3.63, 3.8) is 0 Å². The lowest BCUT2D eigenvalue weighted by atomic mass is 10.1. The molecule has 1 aliphatic rings. The van der Waals surface area contributed by atoms with Gasteiger partial charge in [-0.25, -0.2) is 8.42 Å². The third kappa shape index (κ3) is 6.42. The number of anilines is 1. The summed E-state index contributed by atoms with van der Waals surface area (Å²) in [6.07, 6.45) is 4.54. The Bertz CT molecular complexity index is 983. The lowest BCUT2D eigenvalue weighted by molar-refractivity contribution is -0.116. The lowest BCUT2D eigenvalue weighted by Gasteiger charge is -2.10. The van der Waals surface area contributed by atoms with E-state index in [2.05, 4.69) is 46.2 Å². The minimum atomic E-state index is -3.69. The average Bonchev–Trinajstić information content (AvgIpc) is 3.19. The molecule has 2 aromatic rings. The van der Waals surface area contributed by atoms with Gasteiger partial charge in [0.05, 0.1) is 4.90 Å². The predicted octanol–water partition coefficient (Wildman–Crippen LogP) is 3.82. The van der Waals surface area contributed by atoms with Crippen LogP contribution in [0.4, 0.5) is 5.69 Å². The molecule has 0 bridgehead atoms. The molecule has 3 rings (SSSR count). The van der Waals surface area contributed by atoms with E-state index >= 15 is 0 Å². The first kappa shape index (κ1) is 21.0. The van der Waals surface area contributed by atoms with Gasteiger partial charge in [0.2, 0.25) is 5.91 Å². The maximum absolute atomic E-state index is 12.5. The van der Waals surface area contributed by atoms with E-state index in [-0.39, 0.29) is 10.8 Å². The van der Waals surface area contributed by atoms with E-state index in [9.17, 15) is 13.2 Å². The van der Waals surface area contributed by atoms with Gasteiger partial charge in [-0.1, -0.05) is 35.9 Å². The van der Waals surface area contributed by atoms with Crippen LogP contribution in [0.1, 0.15) is 43.2 Å². The van der Waals surface area contributed by atoms with Gasteiger partial charge in [-0.2, -0.15) is 0 Å². The largest absolute Gasteiger partial charge is 0.326 e. The number of nitrogens with zero attached hydrogens (tertiary/aromatic N) is 1. The highest BCUT2D eigenvalue weighted by Gasteiger charge is 2.18. The molecule has 0 aromatic heterocycles. The van der Waals surface area contributed by atoms with E-state index in [1.54, 1.807) is 12.1 Å². The molecule has 2 aromatic carbocycles. The van der Waals surface area contributed by atoms with Crippen LogP contribution in [0.2, 0.25) is 0 Å². The number of sulfonamides is 1. The number of unbranched alkanes of at least 4 members (excludes halogenated alkanes) is 1. The molecule has 0 radical (unpaired) electrons. The second kappa shape index (κ2) is 9.69. The molecule has 0 unspecified atom stereocenters. The van der Waals surface area contributed by atoms with Gasteiger partial charge in [0.25, 0.3) is 10.0 Å². The molecule has 154 valence electrons. The molecule has 0 fully saturated rings. The number of benzene rings is 2. The molecule has 1 aliphatic heterocycles. The molecule has 7 heteroatoms. The van der Waals surface area contributed by atoms with Crippen LogP contribution < -0.4 is 10.0 Å². The highest BCUT2D eigenvalue weighted by molar-refractivity contribution is 7.90. The Morgan fingerprint density at radius 2 is 1.90 bits per heavy atom. The maximum atomic E-state index is 12.5. The van der Waals surface area contributed by atoms with Crippen molar-refractivity contribution in [3.8, 4) is 0 Å². The quantitative estimate of drug-likeness (QED) is 0.645. The van der Waals surface area contributed by atoms with Crippen LogP contribution in [0.3, 0.4) is 0 Å². The van der Waals surface area contributed by atoms with Crippen LogP contribution >= 0.6 is 0 Å². The van der Waals surface area contributed by atoms with Gasteiger partial charge in [0, 0.05) is 25.1 Å². The minimum Gasteiger partial charge on any atom is -0.326 e. The molecule has 0 saturated heterocycles. The van der Waals surface area contributed by atoms with E-state index in [0.717, 1.165) is 25.7 Å². The normalized spacial score (nSPS) is 13.8. The first-order valence-corrected chi connectivity index (χ1v) is 11.4. The van der Waals surface area contributed by atoms with Crippen LogP contribution in [0, 0.1) is 6.92 Å². The van der Waals surface area contributed by atoms with E-state index in [0.29, 0.717) is 30.9 Å². The lowest BCUT2D eigenvalue weighted by Crippen LogP contribution is -2.29. The number of amidine groups is 1. The Morgan fingerprint density at radius 3 is 2.62 bits per heavy atom. The van der Waals surface area contributed by atoms with E-state index in [1.807, 2.05) is 0 Å². The predicted molar refractivity (Wildman–Crippen MR) is 116 cm³/mol. The zero-order valence-corrected chi connectivity index (χ0v) is 17.5. The summed E-state index contributed by atoms with van der Waals surface area (Å²) in [5.74, 6) is 0.379. The van der Waals surface area contributed by atoms with Crippen molar-refractivity contribution in [1.29, 1.82) is 0 Å². The number of aryl methyl sites for hydroxylation is 2. The minimum absolute atomic E-state index is 0.114. The molecule has 0 atom stereocenters. The second-order valence-electron chi connectivity index (χ2n) is 7.31. The summed E-state index contributed by atoms with van der Waals surface area (Å²) in [6.45, 7) is 2.71. The maximum Gasteiger partial charge on any atom is 0.262 e. The molecule has 1 heterocycles. The Kier molecular flexibility index (Phi) is 7.04. The molecular formula is C22H27N3O3S. The average molecular weight is 414 g/mol. The fourth-order valence-corrected chi connectivity index (χ4v) is 4.31. The molecule has 1 amide bonds. The highest BCUT2D eigenvalue weighted by Crippen LogP contribution is 2.17. The Hall–Kier alpha value is -2.67. The summed E-state index contributed by atoms with van der Waals surface area (Å²) in [5, 5.41) is 2.79. The molecule has 6 nitrogen and oxygen atoms in total. The van der Waals surface area contributed by atoms with E-state index < -0.39 is 10.0 Å². The van der Waals surface area contributed by atoms with Crippen molar-refractivity contribution in [2.45, 2.75) is 50.3 Å². The Balaban J connectivity index is 1.48. The van der Waals surface area contributed by atoms with Crippen molar-refractivity contribution in [1.82, 2.24) is 4.72 Å². The van der Waals surface area contributed by atoms with E-state index in [1.165, 1.54) is 23.3 Å². The SMILES string of the molecule is Cc1ccc(CCCCC(=O)Nc2cccc(S(=O)(=O)NC3=NCCC3)c2)cc1. The first-order chi connectivity index (χ1) is 13.9. The number of rotatable bonds is 8. The molecule has 0 saturated carbocycles. The Labute approximate surface area is 172 Å². The molecule has 0 spiro atoms. The summed E-state index contributed by atoms with van der Waals surface area (Å²) in [4.78, 5) is 16.5. The Morgan fingerprint density at radius 1 is 1.10 bits per heavy atom. The molecular weight excluding hydrogens is 386 g/mol. The number of hydrogen-bond donors (Lipinski definition) is 2. The van der Waals surface area contributed by atoms with Crippen LogP contribution in [0.5, 0.6) is 0 Å². The monoisotopic (exact) mass is 413 g/mol. The number of amides is 1. The van der Waals surface area contributed by atoms with E-state index in [4.69, 9.17) is 0 Å². The number of aliphatic imine (C=N–C) groups is 1. The summed E-state index contributed by atoms with van der Waals surface area (Å²) in [5.41, 5.74) is 2.99. The number of nitrogens with one attached hydrogen (secondary N) is 2. The van der Waals surface area contributed by atoms with Crippen LogP contribution in [0.15, 0.2) is 58.4 Å². The van der Waals surface area contributed by atoms with Crippen LogP contribution in [0.25, 0.3) is 0 Å². The third-order valence-corrected chi connectivity index (χ3v) is 6.17. The molecule has 2 N–H and O–H groups in total. The number of carbonyl (C=O) groups is 1. The van der Waals surface area contributed by atoms with Gasteiger partial charge in [0.15, 0.2) is 0 Å². The summed E-state index contributed by atoms with van der Waals surface area (Å²) in [7, 11) is -3.69. The number of carbonyl (C=O) groups excluding carboxylic acids is 1. The fourth-order valence-electron chi connectivity index (χ4n) is 3.17. The van der Waals surface area contributed by atoms with Crippen LogP contribution in [-0.4, -0.2) is 26.7 Å². The van der Waals surface area contributed by atoms with Gasteiger partial charge < -0.3 is 5.32 Å². The third-order valence-electron chi connectivity index (χ3n) is 4.79. The van der Waals surface area contributed by atoms with Gasteiger partial charge >= 0.3 is 0 Å². The zero-order valence-electron chi connectivity index (χ0n) is 16.6. The van der Waals surface area contributed by atoms with Gasteiger partial charge in [0.1, 0.15) is 5.84 Å². The van der Waals surface area contributed by atoms with Crippen molar-refractivity contribution in [2.75, 3.05) is 11.9 Å². The number of hydrogen-bond acceptors (Lipinski definition) is 4. The van der Waals surface area contributed by atoms with Crippen LogP contribution in [-0.2, 0) is 21.2 Å². The zero-order chi connectivity index (χ0) is 20.7. The van der Waals surface area contributed by atoms with Crippen molar-refractivity contribution in [3.05, 3.63) is 59.7 Å². The first-order valence-electron chi connectivity index (χ1n) is 9.94. The topological polar surface area (TPSA) is 87.6 Å². The highest BCUT2D eigenvalue weighted by atomic mass is 32.2. The van der Waals surface area contributed by atoms with Gasteiger partial charge in [-0.05, 0) is 56.4 Å². The molecule has 29 heavy (non-hydrogen) atoms. The van der Waals surface area contributed by atoms with Crippen molar-refractivity contribution < 1.29 is 13.2 Å². The second-order valence-corrected chi connectivity index (χ2v) is 8.99. The summed E-state index contributed by atoms with van der Waals surface area (Å²) < 4.78 is 27.5. The van der Waals surface area contributed by atoms with Gasteiger partial charge in [-0.15, -0.1) is 0 Å².